The Morgan fingerprint density at radius 1 is 0.917 bits per heavy atom. The van der Waals surface area contributed by atoms with Gasteiger partial charge in [-0.25, -0.2) is 0 Å². The molecule has 0 saturated carbocycles. The number of unbranched alkanes of at least 4 members (excludes halogenated alkanes) is 9. The van der Waals surface area contributed by atoms with Gasteiger partial charge in [0.05, 0.1) is 19.1 Å². The molecule has 0 rings (SSSR count). The topological polar surface area (TPSA) is 81.0 Å². The second kappa shape index (κ2) is 17.2. The van der Waals surface area contributed by atoms with E-state index in [2.05, 4.69) is 6.92 Å². The highest BCUT2D eigenvalue weighted by atomic mass is 16.4. The molecule has 0 aliphatic heterocycles. The summed E-state index contributed by atoms with van der Waals surface area (Å²) >= 11 is 0. The van der Waals surface area contributed by atoms with Crippen molar-refractivity contribution in [2.24, 2.45) is 0 Å². The molecule has 0 aromatic carbocycles. The van der Waals surface area contributed by atoms with Gasteiger partial charge in [0, 0.05) is 19.6 Å². The van der Waals surface area contributed by atoms with Gasteiger partial charge in [0.2, 0.25) is 0 Å². The number of carbonyl (C=O) groups is 1. The molecule has 3 N–H and O–H groups in total. The molecule has 0 heterocycles. The lowest BCUT2D eigenvalue weighted by Crippen LogP contribution is -2.36. The van der Waals surface area contributed by atoms with Gasteiger partial charge in [-0.3, -0.25) is 9.69 Å². The van der Waals surface area contributed by atoms with Crippen LogP contribution in [0.2, 0.25) is 0 Å². The minimum Gasteiger partial charge on any atom is -0.481 e. The molecule has 0 amide bonds. The first-order valence-electron chi connectivity index (χ1n) is 9.83. The molecule has 0 aromatic rings. The standard InChI is InChI=1S/C19H39NO4/c1-2-3-4-5-6-7-8-9-10-11-12-18(22)17-20(15-16-21)14-13-19(23)24/h18,21-22H,2-17H2,1H3,(H,23,24)/t18-/m1/s1. The van der Waals surface area contributed by atoms with E-state index in [0.717, 1.165) is 19.3 Å². The maximum atomic E-state index is 10.6. The molecule has 144 valence electrons. The third-order valence-corrected chi connectivity index (χ3v) is 4.42. The summed E-state index contributed by atoms with van der Waals surface area (Å²) in [5, 5.41) is 27.8. The van der Waals surface area contributed by atoms with Crippen LogP contribution in [-0.4, -0.2) is 58.5 Å². The second-order valence-electron chi connectivity index (χ2n) is 6.79. The molecule has 0 aliphatic carbocycles. The first kappa shape index (κ1) is 23.4. The van der Waals surface area contributed by atoms with E-state index in [1.54, 1.807) is 0 Å². The highest BCUT2D eigenvalue weighted by Gasteiger charge is 2.12. The third kappa shape index (κ3) is 16.2. The van der Waals surface area contributed by atoms with Crippen LogP contribution in [0.1, 0.15) is 84.0 Å². The van der Waals surface area contributed by atoms with E-state index in [4.69, 9.17) is 10.2 Å². The Morgan fingerprint density at radius 3 is 1.96 bits per heavy atom. The largest absolute Gasteiger partial charge is 0.481 e. The summed E-state index contributed by atoms with van der Waals surface area (Å²) in [7, 11) is 0. The minimum absolute atomic E-state index is 0.00933. The molecule has 0 unspecified atom stereocenters. The van der Waals surface area contributed by atoms with Crippen LogP contribution in [0.5, 0.6) is 0 Å². The number of hydrogen-bond donors (Lipinski definition) is 3. The molecule has 5 nitrogen and oxygen atoms in total. The molecule has 0 fully saturated rings. The summed E-state index contributed by atoms with van der Waals surface area (Å²) in [6.45, 7) is 3.48. The highest BCUT2D eigenvalue weighted by molar-refractivity contribution is 5.66. The van der Waals surface area contributed by atoms with Gasteiger partial charge < -0.3 is 15.3 Å². The van der Waals surface area contributed by atoms with Crippen molar-refractivity contribution in [3.05, 3.63) is 0 Å². The molecule has 0 radical (unpaired) electrons. The summed E-state index contributed by atoms with van der Waals surface area (Å²) in [5.74, 6) is -0.845. The summed E-state index contributed by atoms with van der Waals surface area (Å²) < 4.78 is 0. The molecule has 0 aromatic heterocycles. The molecule has 0 aliphatic rings. The first-order valence-corrected chi connectivity index (χ1v) is 9.83. The van der Waals surface area contributed by atoms with Gasteiger partial charge in [-0.1, -0.05) is 71.1 Å². The number of aliphatic carboxylic acids is 1. The minimum atomic E-state index is -0.845. The van der Waals surface area contributed by atoms with Crippen LogP contribution in [-0.2, 0) is 4.79 Å². The number of carboxylic acid groups (broad SMARTS) is 1. The van der Waals surface area contributed by atoms with E-state index in [-0.39, 0.29) is 13.0 Å². The predicted octanol–water partition coefficient (Wildman–Crippen LogP) is 3.43. The zero-order chi connectivity index (χ0) is 18.0. The van der Waals surface area contributed by atoms with Gasteiger partial charge in [0.1, 0.15) is 0 Å². The van der Waals surface area contributed by atoms with Crippen LogP contribution in [0.3, 0.4) is 0 Å². The van der Waals surface area contributed by atoms with Crippen LogP contribution >= 0.6 is 0 Å². The van der Waals surface area contributed by atoms with Gasteiger partial charge in [-0.2, -0.15) is 0 Å². The monoisotopic (exact) mass is 345 g/mol. The third-order valence-electron chi connectivity index (χ3n) is 4.42. The first-order chi connectivity index (χ1) is 11.6. The number of hydrogen-bond acceptors (Lipinski definition) is 4. The number of aliphatic hydroxyl groups is 2. The summed E-state index contributed by atoms with van der Waals surface area (Å²) in [6, 6.07) is 0. The van der Waals surface area contributed by atoms with E-state index in [1.165, 1.54) is 51.4 Å². The Morgan fingerprint density at radius 2 is 1.46 bits per heavy atom. The van der Waals surface area contributed by atoms with E-state index in [0.29, 0.717) is 19.6 Å². The highest BCUT2D eigenvalue weighted by Crippen LogP contribution is 2.12. The Balaban J connectivity index is 3.55. The fraction of sp³-hybridized carbons (Fsp3) is 0.947. The second-order valence-corrected chi connectivity index (χ2v) is 6.79. The summed E-state index contributed by atoms with van der Waals surface area (Å²) in [5.41, 5.74) is 0. The number of carboxylic acids is 1. The van der Waals surface area contributed by atoms with Crippen molar-refractivity contribution in [2.75, 3.05) is 26.2 Å². The van der Waals surface area contributed by atoms with Gasteiger partial charge >= 0.3 is 5.97 Å². The molecular weight excluding hydrogens is 306 g/mol. The van der Waals surface area contributed by atoms with Crippen LogP contribution in [0.4, 0.5) is 0 Å². The molecule has 24 heavy (non-hydrogen) atoms. The lowest BCUT2D eigenvalue weighted by atomic mass is 10.0. The molecule has 0 bridgehead atoms. The number of rotatable bonds is 18. The van der Waals surface area contributed by atoms with Crippen molar-refractivity contribution < 1.29 is 20.1 Å². The van der Waals surface area contributed by atoms with E-state index >= 15 is 0 Å². The van der Waals surface area contributed by atoms with E-state index in [9.17, 15) is 9.90 Å². The fourth-order valence-corrected chi connectivity index (χ4v) is 2.95. The molecule has 0 spiro atoms. The Labute approximate surface area is 148 Å². The van der Waals surface area contributed by atoms with Crippen LogP contribution in [0, 0.1) is 0 Å². The van der Waals surface area contributed by atoms with Crippen LogP contribution in [0.25, 0.3) is 0 Å². The fourth-order valence-electron chi connectivity index (χ4n) is 2.95. The molecule has 0 saturated heterocycles. The van der Waals surface area contributed by atoms with Crippen LogP contribution in [0.15, 0.2) is 0 Å². The molecular formula is C19H39NO4. The number of nitrogens with zero attached hydrogens (tertiary/aromatic N) is 1. The predicted molar refractivity (Wildman–Crippen MR) is 98.2 cm³/mol. The van der Waals surface area contributed by atoms with Crippen molar-refractivity contribution in [1.82, 2.24) is 4.90 Å². The van der Waals surface area contributed by atoms with Crippen molar-refractivity contribution in [2.45, 2.75) is 90.1 Å². The summed E-state index contributed by atoms with van der Waals surface area (Å²) in [4.78, 5) is 12.4. The maximum Gasteiger partial charge on any atom is 0.304 e. The zero-order valence-corrected chi connectivity index (χ0v) is 15.6. The average Bonchev–Trinajstić information content (AvgIpc) is 2.54. The summed E-state index contributed by atoms with van der Waals surface area (Å²) in [6.07, 6.45) is 13.1. The van der Waals surface area contributed by atoms with Gasteiger partial charge in [-0.15, -0.1) is 0 Å². The number of aliphatic hydroxyl groups excluding tert-OH is 2. The Bertz CT molecular complexity index is 287. The SMILES string of the molecule is CCCCCCCCCCCC[C@@H](O)CN(CCO)CCC(=O)O. The Hall–Kier alpha value is -0.650. The maximum absolute atomic E-state index is 10.6. The smallest absolute Gasteiger partial charge is 0.304 e. The molecule has 5 heteroatoms. The van der Waals surface area contributed by atoms with Crippen molar-refractivity contribution >= 4 is 5.97 Å². The van der Waals surface area contributed by atoms with E-state index in [1.807, 2.05) is 4.90 Å². The van der Waals surface area contributed by atoms with E-state index < -0.39 is 12.1 Å². The molecule has 1 atom stereocenters. The van der Waals surface area contributed by atoms with Gasteiger partial charge in [-0.05, 0) is 6.42 Å². The van der Waals surface area contributed by atoms with Crippen molar-refractivity contribution in [3.8, 4) is 0 Å². The average molecular weight is 346 g/mol. The quantitative estimate of drug-likeness (QED) is 0.332. The lowest BCUT2D eigenvalue weighted by Gasteiger charge is -2.23. The normalized spacial score (nSPS) is 12.7. The van der Waals surface area contributed by atoms with Gasteiger partial charge in [0.15, 0.2) is 0 Å². The lowest BCUT2D eigenvalue weighted by molar-refractivity contribution is -0.137. The van der Waals surface area contributed by atoms with Crippen molar-refractivity contribution in [1.29, 1.82) is 0 Å². The van der Waals surface area contributed by atoms with Gasteiger partial charge in [0.25, 0.3) is 0 Å². The van der Waals surface area contributed by atoms with Crippen LogP contribution < -0.4 is 0 Å². The Kier molecular flexibility index (Phi) is 16.7. The van der Waals surface area contributed by atoms with Crippen molar-refractivity contribution in [3.63, 3.8) is 0 Å². The zero-order valence-electron chi connectivity index (χ0n) is 15.6.